The summed E-state index contributed by atoms with van der Waals surface area (Å²) in [7, 11) is 0. The van der Waals surface area contributed by atoms with Gasteiger partial charge in [0.2, 0.25) is 5.91 Å². The van der Waals surface area contributed by atoms with Gasteiger partial charge >= 0.3 is 6.18 Å². The number of rotatable bonds is 4. The van der Waals surface area contributed by atoms with E-state index >= 15 is 0 Å². The molecule has 1 unspecified atom stereocenters. The fourth-order valence-electron chi connectivity index (χ4n) is 1.46. The molecule has 0 aliphatic rings. The maximum absolute atomic E-state index is 12.5. The van der Waals surface area contributed by atoms with Crippen LogP contribution in [0.15, 0.2) is 18.2 Å². The van der Waals surface area contributed by atoms with Crippen molar-refractivity contribution in [3.05, 3.63) is 33.9 Å². The van der Waals surface area contributed by atoms with E-state index in [1.165, 1.54) is 0 Å². The molecule has 0 heterocycles. The zero-order valence-electron chi connectivity index (χ0n) is 10.4. The van der Waals surface area contributed by atoms with Crippen LogP contribution in [-0.2, 0) is 11.0 Å². The zero-order valence-corrected chi connectivity index (χ0v) is 10.4. The van der Waals surface area contributed by atoms with Crippen molar-refractivity contribution in [1.29, 1.82) is 0 Å². The molecule has 1 aromatic carbocycles. The molecule has 0 spiro atoms. The minimum absolute atomic E-state index is 0.0990. The molecule has 0 bridgehead atoms. The van der Waals surface area contributed by atoms with E-state index in [1.54, 1.807) is 6.92 Å². The van der Waals surface area contributed by atoms with E-state index in [0.29, 0.717) is 12.1 Å². The predicted octanol–water partition coefficient (Wildman–Crippen LogP) is 2.29. The molecule has 0 aliphatic heterocycles. The number of nitrogens with two attached hydrogens (primary N) is 1. The lowest BCUT2D eigenvalue weighted by molar-refractivity contribution is -0.384. The Kier molecular flexibility index (Phi) is 4.66. The topological polar surface area (TPSA) is 98.3 Å². The Bertz CT molecular complexity index is 529. The summed E-state index contributed by atoms with van der Waals surface area (Å²) in [5.74, 6) is -0.608. The lowest BCUT2D eigenvalue weighted by Gasteiger charge is -2.10. The van der Waals surface area contributed by atoms with Gasteiger partial charge in [0.25, 0.3) is 5.69 Å². The molecule has 1 rings (SSSR count). The second kappa shape index (κ2) is 5.87. The number of alkyl halides is 3. The van der Waals surface area contributed by atoms with Gasteiger partial charge in [-0.2, -0.15) is 13.2 Å². The quantitative estimate of drug-likeness (QED) is 0.656. The van der Waals surface area contributed by atoms with Gasteiger partial charge in [-0.3, -0.25) is 14.9 Å². The molecule has 0 saturated heterocycles. The Morgan fingerprint density at radius 3 is 2.55 bits per heavy atom. The molecule has 0 aliphatic carbocycles. The second-order valence-electron chi connectivity index (χ2n) is 4.22. The molecular weight excluding hydrogens is 279 g/mol. The first-order chi connectivity index (χ1) is 9.11. The summed E-state index contributed by atoms with van der Waals surface area (Å²) < 4.78 is 37.4. The lowest BCUT2D eigenvalue weighted by atomic mass is 10.1. The van der Waals surface area contributed by atoms with E-state index in [1.807, 2.05) is 0 Å². The van der Waals surface area contributed by atoms with Crippen LogP contribution in [0, 0.1) is 10.1 Å². The molecule has 0 fully saturated rings. The third kappa shape index (κ3) is 4.19. The number of halogens is 3. The number of anilines is 1. The van der Waals surface area contributed by atoms with Crippen LogP contribution in [0.25, 0.3) is 0 Å². The van der Waals surface area contributed by atoms with E-state index in [2.05, 4.69) is 5.32 Å². The van der Waals surface area contributed by atoms with Gasteiger partial charge in [0.1, 0.15) is 5.69 Å². The molecular formula is C11H12F3N3O3. The van der Waals surface area contributed by atoms with Gasteiger partial charge < -0.3 is 11.1 Å². The van der Waals surface area contributed by atoms with Crippen LogP contribution >= 0.6 is 0 Å². The number of benzene rings is 1. The van der Waals surface area contributed by atoms with Crippen molar-refractivity contribution >= 4 is 17.3 Å². The van der Waals surface area contributed by atoms with Crippen molar-refractivity contribution in [1.82, 2.24) is 0 Å². The van der Waals surface area contributed by atoms with Crippen molar-refractivity contribution in [3.8, 4) is 0 Å². The SMILES string of the molecule is CC(N)CC(=O)Nc1ccc(C(F)(F)F)cc1[N+](=O)[O-]. The van der Waals surface area contributed by atoms with Gasteiger partial charge in [0.15, 0.2) is 0 Å². The predicted molar refractivity (Wildman–Crippen MR) is 65.0 cm³/mol. The van der Waals surface area contributed by atoms with Gasteiger partial charge in [0, 0.05) is 18.5 Å². The highest BCUT2D eigenvalue weighted by molar-refractivity contribution is 5.93. The highest BCUT2D eigenvalue weighted by atomic mass is 19.4. The first kappa shape index (κ1) is 15.9. The minimum Gasteiger partial charge on any atom is -0.327 e. The van der Waals surface area contributed by atoms with Crippen molar-refractivity contribution in [2.45, 2.75) is 25.6 Å². The summed E-state index contributed by atoms with van der Waals surface area (Å²) in [6, 6.07) is 1.42. The largest absolute Gasteiger partial charge is 0.416 e. The standard InChI is InChI=1S/C11H12F3N3O3/c1-6(15)4-10(18)16-8-3-2-7(11(12,13)14)5-9(8)17(19)20/h2-3,5-6H,4,15H2,1H3,(H,16,18). The summed E-state index contributed by atoms with van der Waals surface area (Å²) in [6.45, 7) is 1.56. The number of nitro benzene ring substituents is 1. The monoisotopic (exact) mass is 291 g/mol. The van der Waals surface area contributed by atoms with Crippen LogP contribution in [0.2, 0.25) is 0 Å². The van der Waals surface area contributed by atoms with Gasteiger partial charge in [-0.1, -0.05) is 0 Å². The smallest absolute Gasteiger partial charge is 0.327 e. The molecule has 6 nitrogen and oxygen atoms in total. The number of nitrogens with zero attached hydrogens (tertiary/aromatic N) is 1. The number of hydrogen-bond donors (Lipinski definition) is 2. The van der Waals surface area contributed by atoms with Crippen LogP contribution in [-0.4, -0.2) is 16.9 Å². The van der Waals surface area contributed by atoms with E-state index in [0.717, 1.165) is 6.07 Å². The molecule has 1 aromatic rings. The first-order valence-electron chi connectivity index (χ1n) is 5.52. The van der Waals surface area contributed by atoms with Crippen LogP contribution in [0.3, 0.4) is 0 Å². The van der Waals surface area contributed by atoms with E-state index in [-0.39, 0.29) is 12.1 Å². The number of nitrogens with one attached hydrogen (secondary N) is 1. The second-order valence-corrected chi connectivity index (χ2v) is 4.22. The summed E-state index contributed by atoms with van der Waals surface area (Å²) in [5, 5.41) is 12.9. The number of nitro groups is 1. The minimum atomic E-state index is -4.70. The third-order valence-corrected chi connectivity index (χ3v) is 2.30. The maximum Gasteiger partial charge on any atom is 0.416 e. The highest BCUT2D eigenvalue weighted by Crippen LogP contribution is 2.34. The van der Waals surface area contributed by atoms with E-state index in [4.69, 9.17) is 5.73 Å². The number of hydrogen-bond acceptors (Lipinski definition) is 4. The first-order valence-corrected chi connectivity index (χ1v) is 5.52. The Labute approximate surface area is 111 Å². The number of amides is 1. The van der Waals surface area contributed by atoms with Crippen LogP contribution in [0.1, 0.15) is 18.9 Å². The molecule has 3 N–H and O–H groups in total. The average molecular weight is 291 g/mol. The molecule has 20 heavy (non-hydrogen) atoms. The lowest BCUT2D eigenvalue weighted by Crippen LogP contribution is -2.24. The van der Waals surface area contributed by atoms with Crippen molar-refractivity contribution in [2.24, 2.45) is 5.73 Å². The van der Waals surface area contributed by atoms with E-state index in [9.17, 15) is 28.1 Å². The summed E-state index contributed by atoms with van der Waals surface area (Å²) >= 11 is 0. The molecule has 1 atom stereocenters. The van der Waals surface area contributed by atoms with Crippen molar-refractivity contribution < 1.29 is 22.9 Å². The fourth-order valence-corrected chi connectivity index (χ4v) is 1.46. The fraction of sp³-hybridized carbons (Fsp3) is 0.364. The number of carbonyl (C=O) groups is 1. The average Bonchev–Trinajstić information content (AvgIpc) is 2.26. The van der Waals surface area contributed by atoms with Gasteiger partial charge in [-0.05, 0) is 19.1 Å². The summed E-state index contributed by atoms with van der Waals surface area (Å²) in [6.07, 6.45) is -4.79. The Morgan fingerprint density at radius 2 is 2.10 bits per heavy atom. The van der Waals surface area contributed by atoms with Crippen LogP contribution < -0.4 is 11.1 Å². The normalized spacial score (nSPS) is 12.8. The Balaban J connectivity index is 3.08. The molecule has 0 radical (unpaired) electrons. The zero-order chi connectivity index (χ0) is 15.5. The molecule has 1 amide bonds. The Hall–Kier alpha value is -2.16. The molecule has 110 valence electrons. The van der Waals surface area contributed by atoms with Gasteiger partial charge in [-0.15, -0.1) is 0 Å². The number of carbonyl (C=O) groups excluding carboxylic acids is 1. The summed E-state index contributed by atoms with van der Waals surface area (Å²) in [4.78, 5) is 21.2. The van der Waals surface area contributed by atoms with Gasteiger partial charge in [-0.25, -0.2) is 0 Å². The van der Waals surface area contributed by atoms with Crippen LogP contribution in [0.4, 0.5) is 24.5 Å². The van der Waals surface area contributed by atoms with Crippen LogP contribution in [0.5, 0.6) is 0 Å². The molecule has 0 aromatic heterocycles. The van der Waals surface area contributed by atoms with Crippen molar-refractivity contribution in [3.63, 3.8) is 0 Å². The van der Waals surface area contributed by atoms with E-state index < -0.39 is 34.3 Å². The molecule has 0 saturated carbocycles. The molecule has 9 heteroatoms. The maximum atomic E-state index is 12.5. The van der Waals surface area contributed by atoms with Gasteiger partial charge in [0.05, 0.1) is 10.5 Å². The highest BCUT2D eigenvalue weighted by Gasteiger charge is 2.33. The Morgan fingerprint density at radius 1 is 1.50 bits per heavy atom. The third-order valence-electron chi connectivity index (χ3n) is 2.30. The summed E-state index contributed by atoms with van der Waals surface area (Å²) in [5.41, 5.74) is 3.11. The van der Waals surface area contributed by atoms with Crippen molar-refractivity contribution in [2.75, 3.05) is 5.32 Å².